The highest BCUT2D eigenvalue weighted by atomic mass is 16.5. The van der Waals surface area contributed by atoms with E-state index in [1.165, 1.54) is 13.3 Å². The minimum atomic E-state index is -0.471. The molecule has 1 atom stereocenters. The number of nitrogens with zero attached hydrogens (tertiary/aromatic N) is 3. The average Bonchev–Trinajstić information content (AvgIpc) is 2.86. The Hall–Kier alpha value is -1.69. The van der Waals surface area contributed by atoms with Crippen molar-refractivity contribution in [2.45, 2.75) is 12.5 Å². The van der Waals surface area contributed by atoms with E-state index >= 15 is 0 Å². The lowest BCUT2D eigenvalue weighted by molar-refractivity contribution is 0.0593. The molecule has 92 valence electrons. The highest BCUT2D eigenvalue weighted by Crippen LogP contribution is 2.18. The van der Waals surface area contributed by atoms with Crippen molar-refractivity contribution in [1.82, 2.24) is 9.97 Å². The SMILES string of the molecule is COC(=O)c1cncc(N2CCC(OC)C2)n1. The van der Waals surface area contributed by atoms with E-state index < -0.39 is 5.97 Å². The number of anilines is 1. The van der Waals surface area contributed by atoms with Gasteiger partial charge in [-0.25, -0.2) is 9.78 Å². The van der Waals surface area contributed by atoms with Crippen LogP contribution in [-0.2, 0) is 9.47 Å². The molecule has 1 saturated heterocycles. The molecule has 17 heavy (non-hydrogen) atoms. The van der Waals surface area contributed by atoms with Crippen LogP contribution in [0.2, 0.25) is 0 Å². The lowest BCUT2D eigenvalue weighted by atomic mass is 10.3. The minimum Gasteiger partial charge on any atom is -0.464 e. The highest BCUT2D eigenvalue weighted by molar-refractivity contribution is 5.87. The van der Waals surface area contributed by atoms with E-state index in [0.717, 1.165) is 19.5 Å². The van der Waals surface area contributed by atoms with Gasteiger partial charge in [0.1, 0.15) is 5.82 Å². The number of ether oxygens (including phenoxy) is 2. The van der Waals surface area contributed by atoms with Gasteiger partial charge in [0, 0.05) is 20.2 Å². The molecule has 1 aliphatic heterocycles. The van der Waals surface area contributed by atoms with Gasteiger partial charge in [-0.05, 0) is 6.42 Å². The van der Waals surface area contributed by atoms with Crippen molar-refractivity contribution in [2.75, 3.05) is 32.2 Å². The van der Waals surface area contributed by atoms with Gasteiger partial charge in [0.15, 0.2) is 5.69 Å². The summed E-state index contributed by atoms with van der Waals surface area (Å²) in [6, 6.07) is 0. The summed E-state index contributed by atoms with van der Waals surface area (Å²) >= 11 is 0. The number of hydrogen-bond donors (Lipinski definition) is 0. The molecule has 1 unspecified atom stereocenters. The van der Waals surface area contributed by atoms with Gasteiger partial charge in [0.25, 0.3) is 0 Å². The number of aromatic nitrogens is 2. The summed E-state index contributed by atoms with van der Waals surface area (Å²) < 4.78 is 9.89. The lowest BCUT2D eigenvalue weighted by Gasteiger charge is -2.16. The molecule has 0 saturated carbocycles. The minimum absolute atomic E-state index is 0.221. The summed E-state index contributed by atoms with van der Waals surface area (Å²) in [4.78, 5) is 21.6. The second-order valence-electron chi connectivity index (χ2n) is 3.85. The Morgan fingerprint density at radius 3 is 2.94 bits per heavy atom. The fourth-order valence-corrected chi connectivity index (χ4v) is 1.84. The lowest BCUT2D eigenvalue weighted by Crippen LogP contribution is -2.24. The second kappa shape index (κ2) is 5.09. The Labute approximate surface area is 99.6 Å². The van der Waals surface area contributed by atoms with Crippen LogP contribution >= 0.6 is 0 Å². The van der Waals surface area contributed by atoms with Gasteiger partial charge in [-0.1, -0.05) is 0 Å². The maximum absolute atomic E-state index is 11.3. The summed E-state index contributed by atoms with van der Waals surface area (Å²) in [5.74, 6) is 0.217. The van der Waals surface area contributed by atoms with Crippen molar-refractivity contribution < 1.29 is 14.3 Å². The van der Waals surface area contributed by atoms with Crippen LogP contribution in [0.15, 0.2) is 12.4 Å². The summed E-state index contributed by atoms with van der Waals surface area (Å²) in [5, 5.41) is 0. The van der Waals surface area contributed by atoms with E-state index in [-0.39, 0.29) is 11.8 Å². The molecule has 6 nitrogen and oxygen atoms in total. The molecule has 2 rings (SSSR count). The van der Waals surface area contributed by atoms with Crippen LogP contribution in [0, 0.1) is 0 Å². The van der Waals surface area contributed by atoms with Crippen LogP contribution in [0.1, 0.15) is 16.9 Å². The number of carbonyl (C=O) groups excluding carboxylic acids is 1. The molecule has 1 fully saturated rings. The number of hydrogen-bond acceptors (Lipinski definition) is 6. The number of esters is 1. The molecule has 2 heterocycles. The fourth-order valence-electron chi connectivity index (χ4n) is 1.84. The van der Waals surface area contributed by atoms with Crippen LogP contribution in [0.5, 0.6) is 0 Å². The van der Waals surface area contributed by atoms with Gasteiger partial charge in [-0.2, -0.15) is 0 Å². The maximum Gasteiger partial charge on any atom is 0.358 e. The zero-order valence-corrected chi connectivity index (χ0v) is 9.92. The molecule has 0 bridgehead atoms. The molecular formula is C11H15N3O3. The van der Waals surface area contributed by atoms with Gasteiger partial charge in [0.05, 0.1) is 25.6 Å². The van der Waals surface area contributed by atoms with E-state index in [1.807, 2.05) is 4.90 Å². The normalized spacial score (nSPS) is 19.4. The Morgan fingerprint density at radius 2 is 2.29 bits per heavy atom. The van der Waals surface area contributed by atoms with Crippen LogP contribution in [-0.4, -0.2) is 49.4 Å². The first kappa shape index (κ1) is 11.8. The van der Waals surface area contributed by atoms with E-state index in [1.54, 1.807) is 13.3 Å². The summed E-state index contributed by atoms with van der Waals surface area (Å²) in [7, 11) is 3.03. The molecule has 0 radical (unpaired) electrons. The third-order valence-corrected chi connectivity index (χ3v) is 2.82. The van der Waals surface area contributed by atoms with Crippen molar-refractivity contribution in [3.63, 3.8) is 0 Å². The summed E-state index contributed by atoms with van der Waals surface area (Å²) in [6.45, 7) is 1.63. The molecule has 6 heteroatoms. The van der Waals surface area contributed by atoms with E-state index in [4.69, 9.17) is 4.74 Å². The van der Waals surface area contributed by atoms with E-state index in [9.17, 15) is 4.79 Å². The number of carbonyl (C=O) groups is 1. The van der Waals surface area contributed by atoms with E-state index in [0.29, 0.717) is 5.82 Å². The predicted molar refractivity (Wildman–Crippen MR) is 61.0 cm³/mol. The maximum atomic E-state index is 11.3. The molecule has 0 aromatic carbocycles. The first-order valence-electron chi connectivity index (χ1n) is 5.42. The molecular weight excluding hydrogens is 222 g/mol. The smallest absolute Gasteiger partial charge is 0.358 e. The predicted octanol–water partition coefficient (Wildman–Crippen LogP) is 0.488. The molecule has 1 aromatic rings. The van der Waals surface area contributed by atoms with Crippen molar-refractivity contribution >= 4 is 11.8 Å². The quantitative estimate of drug-likeness (QED) is 0.713. The van der Waals surface area contributed by atoms with Crippen molar-refractivity contribution in [3.05, 3.63) is 18.1 Å². The third-order valence-electron chi connectivity index (χ3n) is 2.82. The average molecular weight is 237 g/mol. The standard InChI is InChI=1S/C11H15N3O3/c1-16-8-3-4-14(7-8)10-6-12-5-9(13-10)11(15)17-2/h5-6,8H,3-4,7H2,1-2H3. The van der Waals surface area contributed by atoms with Gasteiger partial charge < -0.3 is 14.4 Å². The van der Waals surface area contributed by atoms with Crippen LogP contribution < -0.4 is 4.90 Å². The molecule has 0 amide bonds. The molecule has 1 aliphatic rings. The molecule has 0 N–H and O–H groups in total. The number of methoxy groups -OCH3 is 2. The van der Waals surface area contributed by atoms with Crippen molar-refractivity contribution in [3.8, 4) is 0 Å². The van der Waals surface area contributed by atoms with Gasteiger partial charge in [0.2, 0.25) is 0 Å². The fraction of sp³-hybridized carbons (Fsp3) is 0.545. The monoisotopic (exact) mass is 237 g/mol. The van der Waals surface area contributed by atoms with Crippen LogP contribution in [0.3, 0.4) is 0 Å². The summed E-state index contributed by atoms with van der Waals surface area (Å²) in [5.41, 5.74) is 0.228. The van der Waals surface area contributed by atoms with Crippen LogP contribution in [0.4, 0.5) is 5.82 Å². The number of rotatable bonds is 3. The largest absolute Gasteiger partial charge is 0.464 e. The van der Waals surface area contributed by atoms with Crippen LogP contribution in [0.25, 0.3) is 0 Å². The Bertz CT molecular complexity index is 411. The zero-order chi connectivity index (χ0) is 12.3. The zero-order valence-electron chi connectivity index (χ0n) is 9.92. The Morgan fingerprint density at radius 1 is 1.47 bits per heavy atom. The highest BCUT2D eigenvalue weighted by Gasteiger charge is 2.24. The first-order valence-corrected chi connectivity index (χ1v) is 5.42. The van der Waals surface area contributed by atoms with Gasteiger partial charge in [-0.3, -0.25) is 4.98 Å². The Kier molecular flexibility index (Phi) is 3.53. The molecule has 1 aromatic heterocycles. The topological polar surface area (TPSA) is 64.5 Å². The van der Waals surface area contributed by atoms with E-state index in [2.05, 4.69) is 14.7 Å². The van der Waals surface area contributed by atoms with Gasteiger partial charge in [-0.15, -0.1) is 0 Å². The first-order chi connectivity index (χ1) is 8.24. The second-order valence-corrected chi connectivity index (χ2v) is 3.85. The molecule has 0 aliphatic carbocycles. The Balaban J connectivity index is 2.14. The summed E-state index contributed by atoms with van der Waals surface area (Å²) in [6.07, 6.45) is 4.23. The van der Waals surface area contributed by atoms with Gasteiger partial charge >= 0.3 is 5.97 Å². The van der Waals surface area contributed by atoms with Crippen molar-refractivity contribution in [2.24, 2.45) is 0 Å². The van der Waals surface area contributed by atoms with Crippen molar-refractivity contribution in [1.29, 1.82) is 0 Å². The molecule has 0 spiro atoms. The third kappa shape index (κ3) is 2.52.